The lowest BCUT2D eigenvalue weighted by Crippen LogP contribution is -2.31. The number of nitrogens with zero attached hydrogens (tertiary/aromatic N) is 3. The van der Waals surface area contributed by atoms with Crippen LogP contribution in [0.5, 0.6) is 0 Å². The zero-order valence-corrected chi connectivity index (χ0v) is 24.0. The Hall–Kier alpha value is -3.52. The summed E-state index contributed by atoms with van der Waals surface area (Å²) in [7, 11) is 1.87. The Morgan fingerprint density at radius 2 is 1.73 bits per heavy atom. The number of benzene rings is 3. The van der Waals surface area contributed by atoms with Gasteiger partial charge in [0.05, 0.1) is 29.4 Å². The van der Waals surface area contributed by atoms with Crippen LogP contribution in [0.15, 0.2) is 103 Å². The quantitative estimate of drug-likeness (QED) is 0.193. The highest BCUT2D eigenvalue weighted by Gasteiger charge is 2.37. The van der Waals surface area contributed by atoms with Gasteiger partial charge >= 0.3 is 0 Å². The first kappa shape index (κ1) is 26.7. The van der Waals surface area contributed by atoms with Gasteiger partial charge in [-0.15, -0.1) is 11.3 Å². The summed E-state index contributed by atoms with van der Waals surface area (Å²) >= 11 is 14.4. The number of halogens is 2. The lowest BCUT2D eigenvalue weighted by Gasteiger charge is -2.30. The van der Waals surface area contributed by atoms with E-state index in [1.165, 1.54) is 4.88 Å². The topological polar surface area (TPSA) is 63.0 Å². The van der Waals surface area contributed by atoms with Crippen LogP contribution in [0.25, 0.3) is 22.0 Å². The number of aryl methyl sites for hydroxylation is 1. The van der Waals surface area contributed by atoms with Crippen LogP contribution in [0.2, 0.25) is 10.0 Å². The van der Waals surface area contributed by atoms with Gasteiger partial charge in [0.15, 0.2) is 5.60 Å². The Labute approximate surface area is 246 Å². The Kier molecular flexibility index (Phi) is 7.45. The summed E-state index contributed by atoms with van der Waals surface area (Å²) in [6.45, 7) is 1.40. The molecule has 0 aliphatic carbocycles. The lowest BCUT2D eigenvalue weighted by atomic mass is 9.82. The number of pyridine rings is 1. The van der Waals surface area contributed by atoms with Gasteiger partial charge in [-0.2, -0.15) is 0 Å². The second kappa shape index (κ2) is 11.2. The second-order valence-electron chi connectivity index (χ2n) is 9.69. The number of fused-ring (bicyclic) bond motifs is 1. The van der Waals surface area contributed by atoms with E-state index in [1.807, 2.05) is 66.2 Å². The molecule has 0 saturated heterocycles. The molecular formula is C32H26Cl2N4OS. The van der Waals surface area contributed by atoms with Gasteiger partial charge in [0.2, 0.25) is 0 Å². The summed E-state index contributed by atoms with van der Waals surface area (Å²) in [4.78, 5) is 10.6. The van der Waals surface area contributed by atoms with Gasteiger partial charge in [-0.1, -0.05) is 59.6 Å². The molecule has 6 rings (SSSR count). The molecule has 0 fully saturated rings. The van der Waals surface area contributed by atoms with Crippen LogP contribution < -0.4 is 5.32 Å². The van der Waals surface area contributed by atoms with Crippen LogP contribution in [-0.2, 0) is 25.7 Å². The minimum Gasteiger partial charge on any atom is -0.374 e. The van der Waals surface area contributed by atoms with Gasteiger partial charge in [0, 0.05) is 40.4 Å². The molecule has 0 aliphatic heterocycles. The van der Waals surface area contributed by atoms with Crippen molar-refractivity contribution >= 4 is 45.4 Å². The summed E-state index contributed by atoms with van der Waals surface area (Å²) in [6, 6.07) is 27.3. The van der Waals surface area contributed by atoms with Gasteiger partial charge in [0.1, 0.15) is 0 Å². The fourth-order valence-electron chi connectivity index (χ4n) is 5.08. The molecule has 0 aliphatic rings. The molecule has 3 heterocycles. The highest BCUT2D eigenvalue weighted by molar-refractivity contribution is 7.09. The standard InChI is InChI=1S/C32H26Cl2N4OS/c1-38-20-36-19-31(38)32(39,22-7-10-24(33)11-8-22)23-9-12-30-29(15-23)28(21-4-2-5-25(34)14-21)16-26(37-30)17-35-18-27-6-3-13-40-27/h2-16,19-20,35,39H,17-18H2,1H3. The van der Waals surface area contributed by atoms with E-state index >= 15 is 0 Å². The van der Waals surface area contributed by atoms with Gasteiger partial charge in [0.25, 0.3) is 0 Å². The van der Waals surface area contributed by atoms with E-state index in [9.17, 15) is 5.11 Å². The van der Waals surface area contributed by atoms with Crippen molar-refractivity contribution in [3.63, 3.8) is 0 Å². The fraction of sp³-hybridized carbons (Fsp3) is 0.125. The molecule has 1 atom stereocenters. The maximum atomic E-state index is 12.5. The predicted molar refractivity (Wildman–Crippen MR) is 164 cm³/mol. The van der Waals surface area contributed by atoms with Crippen LogP contribution in [0.3, 0.4) is 0 Å². The number of imidazole rings is 1. The van der Waals surface area contributed by atoms with Crippen molar-refractivity contribution in [2.45, 2.75) is 18.7 Å². The highest BCUT2D eigenvalue weighted by Crippen LogP contribution is 2.40. The lowest BCUT2D eigenvalue weighted by molar-refractivity contribution is 0.117. The number of hydrogen-bond acceptors (Lipinski definition) is 5. The van der Waals surface area contributed by atoms with Crippen molar-refractivity contribution in [1.29, 1.82) is 0 Å². The van der Waals surface area contributed by atoms with Crippen molar-refractivity contribution in [2.24, 2.45) is 7.05 Å². The Balaban J connectivity index is 1.50. The first-order valence-corrected chi connectivity index (χ1v) is 14.4. The molecule has 0 saturated carbocycles. The molecule has 0 bridgehead atoms. The minimum absolute atomic E-state index is 0.599. The zero-order valence-electron chi connectivity index (χ0n) is 21.7. The van der Waals surface area contributed by atoms with Crippen molar-refractivity contribution in [2.75, 3.05) is 0 Å². The van der Waals surface area contributed by atoms with Crippen LogP contribution in [0.1, 0.15) is 27.4 Å². The van der Waals surface area contributed by atoms with Gasteiger partial charge in [-0.3, -0.25) is 4.98 Å². The van der Waals surface area contributed by atoms with Crippen LogP contribution >= 0.6 is 34.5 Å². The molecule has 8 heteroatoms. The Morgan fingerprint density at radius 3 is 2.45 bits per heavy atom. The summed E-state index contributed by atoms with van der Waals surface area (Å²) in [5.41, 5.74) is 4.27. The largest absolute Gasteiger partial charge is 0.374 e. The molecular weight excluding hydrogens is 559 g/mol. The van der Waals surface area contributed by atoms with E-state index in [4.69, 9.17) is 28.2 Å². The van der Waals surface area contributed by atoms with E-state index in [1.54, 1.807) is 36.0 Å². The highest BCUT2D eigenvalue weighted by atomic mass is 35.5. The van der Waals surface area contributed by atoms with Gasteiger partial charge < -0.3 is 15.0 Å². The number of rotatable bonds is 8. The number of aliphatic hydroxyl groups is 1. The van der Waals surface area contributed by atoms with Crippen molar-refractivity contribution in [3.05, 3.63) is 140 Å². The first-order chi connectivity index (χ1) is 19.4. The van der Waals surface area contributed by atoms with E-state index in [-0.39, 0.29) is 0 Å². The molecule has 5 nitrogen and oxygen atoms in total. The third-order valence-electron chi connectivity index (χ3n) is 7.05. The van der Waals surface area contributed by atoms with Crippen LogP contribution in [0.4, 0.5) is 0 Å². The van der Waals surface area contributed by atoms with E-state index in [2.05, 4.69) is 33.9 Å². The molecule has 0 spiro atoms. The summed E-state index contributed by atoms with van der Waals surface area (Å²) in [5, 5.41) is 20.2. The molecule has 0 amide bonds. The third kappa shape index (κ3) is 5.17. The normalized spacial score (nSPS) is 13.0. The third-order valence-corrected chi connectivity index (χ3v) is 8.41. The van der Waals surface area contributed by atoms with E-state index in [0.717, 1.165) is 34.3 Å². The summed E-state index contributed by atoms with van der Waals surface area (Å²) in [5.74, 6) is 0. The second-order valence-corrected chi connectivity index (χ2v) is 11.6. The molecule has 1 unspecified atom stereocenters. The zero-order chi connectivity index (χ0) is 27.7. The molecule has 0 radical (unpaired) electrons. The number of thiophene rings is 1. The molecule has 40 heavy (non-hydrogen) atoms. The summed E-state index contributed by atoms with van der Waals surface area (Å²) in [6.07, 6.45) is 3.38. The van der Waals surface area contributed by atoms with Crippen LogP contribution in [-0.4, -0.2) is 19.6 Å². The first-order valence-electron chi connectivity index (χ1n) is 12.8. The number of nitrogens with one attached hydrogen (secondary N) is 1. The summed E-state index contributed by atoms with van der Waals surface area (Å²) < 4.78 is 1.83. The fourth-order valence-corrected chi connectivity index (χ4v) is 6.07. The number of aromatic nitrogens is 3. The van der Waals surface area contributed by atoms with Crippen molar-refractivity contribution in [3.8, 4) is 11.1 Å². The average Bonchev–Trinajstić information content (AvgIpc) is 3.64. The van der Waals surface area contributed by atoms with Crippen molar-refractivity contribution in [1.82, 2.24) is 19.9 Å². The molecule has 200 valence electrons. The maximum absolute atomic E-state index is 12.5. The maximum Gasteiger partial charge on any atom is 0.156 e. The molecule has 6 aromatic rings. The SMILES string of the molecule is Cn1cncc1C(O)(c1ccc(Cl)cc1)c1ccc2nc(CNCc3cccs3)cc(-c3cccc(Cl)c3)c2c1. The Morgan fingerprint density at radius 1 is 0.900 bits per heavy atom. The Bertz CT molecular complexity index is 1780. The molecule has 3 aromatic carbocycles. The molecule has 2 N–H and O–H groups in total. The van der Waals surface area contributed by atoms with Gasteiger partial charge in [-0.05, 0) is 76.2 Å². The number of hydrogen-bond donors (Lipinski definition) is 2. The van der Waals surface area contributed by atoms with Gasteiger partial charge in [-0.25, -0.2) is 4.98 Å². The minimum atomic E-state index is -1.48. The monoisotopic (exact) mass is 584 g/mol. The smallest absolute Gasteiger partial charge is 0.156 e. The van der Waals surface area contributed by atoms with Crippen molar-refractivity contribution < 1.29 is 5.11 Å². The molecule has 3 aromatic heterocycles. The van der Waals surface area contributed by atoms with Crippen LogP contribution in [0, 0.1) is 0 Å². The predicted octanol–water partition coefficient (Wildman–Crippen LogP) is 7.58. The average molecular weight is 586 g/mol. The van der Waals surface area contributed by atoms with E-state index < -0.39 is 5.60 Å². The van der Waals surface area contributed by atoms with E-state index in [0.29, 0.717) is 33.4 Å².